The van der Waals surface area contributed by atoms with Crippen molar-refractivity contribution < 1.29 is 9.21 Å². The minimum absolute atomic E-state index is 0.0270. The van der Waals surface area contributed by atoms with E-state index >= 15 is 0 Å². The highest BCUT2D eigenvalue weighted by molar-refractivity contribution is 7.13. The molecule has 3 aromatic rings. The predicted molar refractivity (Wildman–Crippen MR) is 106 cm³/mol. The number of hydrogen-bond acceptors (Lipinski definition) is 5. The molecule has 1 aliphatic carbocycles. The van der Waals surface area contributed by atoms with Gasteiger partial charge in [0.1, 0.15) is 0 Å². The summed E-state index contributed by atoms with van der Waals surface area (Å²) in [5, 5.41) is 6.33. The predicted octanol–water partition coefficient (Wildman–Crippen LogP) is 3.46. The Bertz CT molecular complexity index is 1030. The Labute approximate surface area is 166 Å². The topological polar surface area (TPSA) is 68.3 Å². The van der Waals surface area contributed by atoms with Gasteiger partial charge in [0, 0.05) is 13.1 Å². The third kappa shape index (κ3) is 2.90. The zero-order chi connectivity index (χ0) is 19.1. The number of likely N-dealkylation sites (tertiary alicyclic amines) is 1. The van der Waals surface area contributed by atoms with Crippen LogP contribution in [0.2, 0.25) is 0 Å². The summed E-state index contributed by atoms with van der Waals surface area (Å²) in [5.41, 5.74) is 0.793. The van der Waals surface area contributed by atoms with E-state index in [1.54, 1.807) is 0 Å². The molecule has 6 nitrogen and oxygen atoms in total. The second-order valence-corrected chi connectivity index (χ2v) is 8.51. The lowest BCUT2D eigenvalue weighted by Crippen LogP contribution is -2.45. The second kappa shape index (κ2) is 6.74. The van der Waals surface area contributed by atoms with Crippen molar-refractivity contribution in [1.29, 1.82) is 0 Å². The third-order valence-corrected chi connectivity index (χ3v) is 6.74. The first-order valence-corrected chi connectivity index (χ1v) is 10.5. The molecule has 1 amide bonds. The molecule has 0 bridgehead atoms. The van der Waals surface area contributed by atoms with Crippen molar-refractivity contribution in [2.45, 2.75) is 37.1 Å². The molecule has 0 radical (unpaired) electrons. The largest absolute Gasteiger partial charge is 0.437 e. The van der Waals surface area contributed by atoms with Crippen molar-refractivity contribution in [1.82, 2.24) is 14.7 Å². The normalized spacial score (nSPS) is 18.9. The number of nitrogens with zero attached hydrogens (tertiary/aromatic N) is 3. The number of aromatic nitrogens is 2. The Morgan fingerprint density at radius 1 is 1.11 bits per heavy atom. The molecule has 2 aromatic heterocycles. The van der Waals surface area contributed by atoms with Crippen molar-refractivity contribution in [3.05, 3.63) is 64.0 Å². The molecular weight excluding hydrogens is 374 g/mol. The zero-order valence-electron chi connectivity index (χ0n) is 15.4. The van der Waals surface area contributed by atoms with Gasteiger partial charge < -0.3 is 9.32 Å². The van der Waals surface area contributed by atoms with Crippen LogP contribution in [0.25, 0.3) is 10.8 Å². The van der Waals surface area contributed by atoms with E-state index in [4.69, 9.17) is 4.42 Å². The molecule has 1 aliphatic heterocycles. The molecule has 1 aromatic carbocycles. The summed E-state index contributed by atoms with van der Waals surface area (Å²) in [5.74, 6) is 0.180. The van der Waals surface area contributed by atoms with Gasteiger partial charge in [0.15, 0.2) is 0 Å². The molecule has 0 N–H and O–H groups in total. The summed E-state index contributed by atoms with van der Waals surface area (Å²) in [6.07, 6.45) is 3.27. The van der Waals surface area contributed by atoms with Gasteiger partial charge in [-0.1, -0.05) is 36.4 Å². The Morgan fingerprint density at radius 3 is 2.50 bits per heavy atom. The number of piperidine rings is 1. The molecular formula is C21H21N3O3S. The first-order valence-electron chi connectivity index (χ1n) is 9.66. The monoisotopic (exact) mass is 395 g/mol. The molecule has 2 fully saturated rings. The summed E-state index contributed by atoms with van der Waals surface area (Å²) in [6.45, 7) is 1.29. The smallest absolute Gasteiger partial charge is 0.387 e. The zero-order valence-corrected chi connectivity index (χ0v) is 16.2. The fourth-order valence-corrected chi connectivity index (χ4v) is 4.79. The highest BCUT2D eigenvalue weighted by atomic mass is 32.1. The van der Waals surface area contributed by atoms with Gasteiger partial charge in [-0.3, -0.25) is 4.79 Å². The summed E-state index contributed by atoms with van der Waals surface area (Å²) in [6, 6.07) is 13.9. The Kier molecular flexibility index (Phi) is 4.19. The molecule has 1 saturated carbocycles. The average Bonchev–Trinajstić information content (AvgIpc) is 3.18. The Hall–Kier alpha value is -2.67. The van der Waals surface area contributed by atoms with Gasteiger partial charge >= 0.3 is 5.76 Å². The molecule has 0 atom stereocenters. The minimum atomic E-state index is -0.420. The van der Waals surface area contributed by atoms with Crippen LogP contribution in [0.3, 0.4) is 0 Å². The van der Waals surface area contributed by atoms with E-state index in [1.165, 1.54) is 16.0 Å². The first-order chi connectivity index (χ1) is 13.7. The van der Waals surface area contributed by atoms with E-state index in [9.17, 15) is 9.59 Å². The lowest BCUT2D eigenvalue weighted by Gasteiger charge is -2.34. The van der Waals surface area contributed by atoms with Crippen LogP contribution in [0.1, 0.15) is 37.3 Å². The Morgan fingerprint density at radius 2 is 1.86 bits per heavy atom. The van der Waals surface area contributed by atoms with Crippen molar-refractivity contribution in [3.63, 3.8) is 0 Å². The number of rotatable bonds is 4. The number of amides is 1. The summed E-state index contributed by atoms with van der Waals surface area (Å²) in [7, 11) is 0. The summed E-state index contributed by atoms with van der Waals surface area (Å²) in [4.78, 5) is 28.2. The standard InChI is InChI=1S/C21H21N3O3S/c25-19(21(10-11-21)15-5-2-1-3-6-15)23-12-8-16(9-13-23)24-20(26)27-18(22-24)17-7-4-14-28-17/h1-7,14,16H,8-13H2. The quantitative estimate of drug-likeness (QED) is 0.678. The van der Waals surface area contributed by atoms with Crippen LogP contribution >= 0.6 is 11.3 Å². The van der Waals surface area contributed by atoms with Gasteiger partial charge in [-0.05, 0) is 42.7 Å². The van der Waals surface area contributed by atoms with Crippen molar-refractivity contribution in [3.8, 4) is 10.8 Å². The molecule has 3 heterocycles. The molecule has 1 saturated heterocycles. The first kappa shape index (κ1) is 17.4. The minimum Gasteiger partial charge on any atom is -0.387 e. The second-order valence-electron chi connectivity index (χ2n) is 7.57. The van der Waals surface area contributed by atoms with E-state index < -0.39 is 5.76 Å². The summed E-state index contributed by atoms with van der Waals surface area (Å²) < 4.78 is 6.79. The van der Waals surface area contributed by atoms with Crippen LogP contribution in [-0.2, 0) is 10.2 Å². The number of carbonyl (C=O) groups is 1. The molecule has 144 valence electrons. The fraction of sp³-hybridized carbons (Fsp3) is 0.381. The molecule has 7 heteroatoms. The maximum Gasteiger partial charge on any atom is 0.437 e. The SMILES string of the molecule is O=C(N1CCC(n2nc(-c3cccs3)oc2=O)CC1)C1(c2ccccc2)CC1. The van der Waals surface area contributed by atoms with E-state index in [1.807, 2.05) is 40.6 Å². The lowest BCUT2D eigenvalue weighted by atomic mass is 9.93. The van der Waals surface area contributed by atoms with Crippen molar-refractivity contribution >= 4 is 17.2 Å². The van der Waals surface area contributed by atoms with Gasteiger partial charge in [0.25, 0.3) is 5.89 Å². The van der Waals surface area contributed by atoms with Gasteiger partial charge in [-0.2, -0.15) is 4.68 Å². The molecule has 28 heavy (non-hydrogen) atoms. The highest BCUT2D eigenvalue weighted by Gasteiger charge is 2.53. The van der Waals surface area contributed by atoms with Crippen LogP contribution in [0, 0.1) is 0 Å². The van der Waals surface area contributed by atoms with Gasteiger partial charge in [0.2, 0.25) is 5.91 Å². The fourth-order valence-electron chi connectivity index (χ4n) is 4.14. The van der Waals surface area contributed by atoms with Crippen molar-refractivity contribution in [2.24, 2.45) is 0 Å². The molecule has 2 aliphatic rings. The average molecular weight is 395 g/mol. The number of hydrogen-bond donors (Lipinski definition) is 0. The van der Waals surface area contributed by atoms with Gasteiger partial charge in [0.05, 0.1) is 16.3 Å². The third-order valence-electron chi connectivity index (χ3n) is 5.88. The number of thiophene rings is 1. The van der Waals surface area contributed by atoms with Crippen LogP contribution in [0.5, 0.6) is 0 Å². The van der Waals surface area contributed by atoms with Crippen LogP contribution in [0.4, 0.5) is 0 Å². The molecule has 0 spiro atoms. The maximum atomic E-state index is 13.2. The van der Waals surface area contributed by atoms with E-state index in [-0.39, 0.29) is 17.4 Å². The van der Waals surface area contributed by atoms with E-state index in [0.717, 1.165) is 23.3 Å². The number of carbonyl (C=O) groups excluding carboxylic acids is 1. The lowest BCUT2D eigenvalue weighted by molar-refractivity contribution is -0.135. The van der Waals surface area contributed by atoms with Gasteiger partial charge in [-0.25, -0.2) is 4.79 Å². The molecule has 5 rings (SSSR count). The van der Waals surface area contributed by atoms with Gasteiger partial charge in [-0.15, -0.1) is 16.4 Å². The van der Waals surface area contributed by atoms with Crippen LogP contribution < -0.4 is 5.76 Å². The van der Waals surface area contributed by atoms with Crippen LogP contribution in [0.15, 0.2) is 57.1 Å². The highest BCUT2D eigenvalue weighted by Crippen LogP contribution is 2.50. The summed E-state index contributed by atoms with van der Waals surface area (Å²) >= 11 is 1.50. The Balaban J connectivity index is 1.28. The molecule has 0 unspecified atom stereocenters. The van der Waals surface area contributed by atoms with Crippen molar-refractivity contribution in [2.75, 3.05) is 13.1 Å². The van der Waals surface area contributed by atoms with E-state index in [2.05, 4.69) is 17.2 Å². The number of benzene rings is 1. The van der Waals surface area contributed by atoms with Crippen LogP contribution in [-0.4, -0.2) is 33.7 Å². The van der Waals surface area contributed by atoms with E-state index in [0.29, 0.717) is 31.8 Å². The maximum absolute atomic E-state index is 13.2.